The predicted molar refractivity (Wildman–Crippen MR) is 113 cm³/mol. The predicted octanol–water partition coefficient (Wildman–Crippen LogP) is 2.02. The monoisotopic (exact) mass is 390 g/mol. The van der Waals surface area contributed by atoms with Crippen molar-refractivity contribution >= 4 is 11.6 Å². The molecule has 2 saturated heterocycles. The highest BCUT2D eigenvalue weighted by Gasteiger charge is 2.32. The average Bonchev–Trinajstić information content (AvgIpc) is 3.21. The van der Waals surface area contributed by atoms with Gasteiger partial charge in [-0.3, -0.25) is 4.99 Å². The van der Waals surface area contributed by atoms with E-state index < -0.39 is 0 Å². The molecule has 1 aromatic carbocycles. The van der Waals surface area contributed by atoms with Gasteiger partial charge in [0.1, 0.15) is 5.75 Å². The van der Waals surface area contributed by atoms with Crippen LogP contribution in [-0.4, -0.2) is 71.2 Å². The second-order valence-corrected chi connectivity index (χ2v) is 7.44. The Kier molecular flexibility index (Phi) is 7.39. The largest absolute Gasteiger partial charge is 0.495 e. The van der Waals surface area contributed by atoms with Gasteiger partial charge in [-0.15, -0.1) is 0 Å². The van der Waals surface area contributed by atoms with Gasteiger partial charge in [0.25, 0.3) is 0 Å². The van der Waals surface area contributed by atoms with E-state index in [2.05, 4.69) is 34.6 Å². The number of methoxy groups -OCH3 is 2. The van der Waals surface area contributed by atoms with E-state index >= 15 is 0 Å². The van der Waals surface area contributed by atoms with Crippen LogP contribution in [0.3, 0.4) is 0 Å². The lowest BCUT2D eigenvalue weighted by atomic mass is 9.94. The summed E-state index contributed by atoms with van der Waals surface area (Å²) in [6.45, 7) is 6.97. The minimum Gasteiger partial charge on any atom is -0.495 e. The Labute approximate surface area is 168 Å². The number of aliphatic imine (C=N–C) groups is 1. The van der Waals surface area contributed by atoms with Crippen LogP contribution in [0.25, 0.3) is 0 Å². The van der Waals surface area contributed by atoms with E-state index in [1.165, 1.54) is 0 Å². The van der Waals surface area contributed by atoms with Crippen molar-refractivity contribution in [1.29, 1.82) is 0 Å². The van der Waals surface area contributed by atoms with Gasteiger partial charge in [0.15, 0.2) is 5.96 Å². The third kappa shape index (κ3) is 5.08. The molecule has 156 valence electrons. The van der Waals surface area contributed by atoms with Crippen molar-refractivity contribution in [3.63, 3.8) is 0 Å². The van der Waals surface area contributed by atoms with Crippen molar-refractivity contribution in [2.45, 2.75) is 37.8 Å². The molecule has 1 aromatic rings. The molecule has 0 aromatic heterocycles. The van der Waals surface area contributed by atoms with Crippen LogP contribution in [0.4, 0.5) is 5.69 Å². The molecule has 0 saturated carbocycles. The number of hydrogen-bond acceptors (Lipinski definition) is 5. The van der Waals surface area contributed by atoms with Crippen molar-refractivity contribution in [2.24, 2.45) is 4.99 Å². The number of guanidine groups is 1. The number of nitrogens with zero attached hydrogens (tertiary/aromatic N) is 2. The lowest BCUT2D eigenvalue weighted by Crippen LogP contribution is -2.47. The molecule has 7 nitrogen and oxygen atoms in total. The molecule has 0 amide bonds. The molecule has 2 fully saturated rings. The fourth-order valence-corrected chi connectivity index (χ4v) is 3.89. The average molecular weight is 391 g/mol. The highest BCUT2D eigenvalue weighted by atomic mass is 16.5. The van der Waals surface area contributed by atoms with Crippen LogP contribution >= 0.6 is 0 Å². The van der Waals surface area contributed by atoms with E-state index in [9.17, 15) is 0 Å². The van der Waals surface area contributed by atoms with Crippen LogP contribution in [0.5, 0.6) is 5.75 Å². The first-order valence-electron chi connectivity index (χ1n) is 10.3. The number of anilines is 1. The molecule has 0 radical (unpaired) electrons. The van der Waals surface area contributed by atoms with Gasteiger partial charge >= 0.3 is 0 Å². The summed E-state index contributed by atoms with van der Waals surface area (Å²) in [5.74, 6) is 1.78. The summed E-state index contributed by atoms with van der Waals surface area (Å²) in [6.07, 6.45) is 2.83. The van der Waals surface area contributed by atoms with Crippen LogP contribution in [0, 0.1) is 0 Å². The number of benzene rings is 1. The van der Waals surface area contributed by atoms with Gasteiger partial charge in [-0.2, -0.15) is 0 Å². The summed E-state index contributed by atoms with van der Waals surface area (Å²) in [6, 6.07) is 8.54. The Morgan fingerprint density at radius 3 is 2.79 bits per heavy atom. The van der Waals surface area contributed by atoms with Gasteiger partial charge in [0, 0.05) is 58.8 Å². The molecule has 2 aliphatic heterocycles. The van der Waals surface area contributed by atoms with Crippen LogP contribution in [-0.2, 0) is 9.47 Å². The van der Waals surface area contributed by atoms with Crippen LogP contribution in [0.2, 0.25) is 0 Å². The van der Waals surface area contributed by atoms with Crippen LogP contribution in [0.1, 0.15) is 26.2 Å². The smallest absolute Gasteiger partial charge is 0.191 e. The van der Waals surface area contributed by atoms with Crippen molar-refractivity contribution in [3.8, 4) is 5.75 Å². The number of para-hydroxylation sites is 2. The Morgan fingerprint density at radius 2 is 2.07 bits per heavy atom. The van der Waals surface area contributed by atoms with E-state index in [0.29, 0.717) is 12.6 Å². The first-order chi connectivity index (χ1) is 13.7. The van der Waals surface area contributed by atoms with Gasteiger partial charge in [0.2, 0.25) is 0 Å². The van der Waals surface area contributed by atoms with Gasteiger partial charge in [0.05, 0.1) is 24.9 Å². The third-order valence-electron chi connectivity index (χ3n) is 5.66. The number of rotatable bonds is 7. The zero-order chi connectivity index (χ0) is 19.8. The molecule has 0 aliphatic carbocycles. The number of nitrogens with one attached hydrogen (secondary N) is 2. The summed E-state index contributed by atoms with van der Waals surface area (Å²) in [5.41, 5.74) is 0.941. The summed E-state index contributed by atoms with van der Waals surface area (Å²) in [4.78, 5) is 7.22. The fourth-order valence-electron chi connectivity index (χ4n) is 3.89. The fraction of sp³-hybridized carbons (Fsp3) is 0.667. The minimum atomic E-state index is -0.209. The minimum absolute atomic E-state index is 0.209. The van der Waals surface area contributed by atoms with E-state index in [0.717, 1.165) is 69.5 Å². The lowest BCUT2D eigenvalue weighted by molar-refractivity contribution is -0.0828. The van der Waals surface area contributed by atoms with E-state index in [-0.39, 0.29) is 5.60 Å². The first-order valence-corrected chi connectivity index (χ1v) is 10.3. The molecule has 2 aliphatic rings. The summed E-state index contributed by atoms with van der Waals surface area (Å²) in [7, 11) is 3.51. The maximum Gasteiger partial charge on any atom is 0.191 e. The highest BCUT2D eigenvalue weighted by molar-refractivity contribution is 5.80. The van der Waals surface area contributed by atoms with E-state index in [1.807, 2.05) is 12.1 Å². The van der Waals surface area contributed by atoms with Gasteiger partial charge < -0.3 is 29.7 Å². The van der Waals surface area contributed by atoms with Crippen molar-refractivity contribution < 1.29 is 14.2 Å². The van der Waals surface area contributed by atoms with E-state index in [4.69, 9.17) is 19.2 Å². The molecule has 3 rings (SSSR count). The van der Waals surface area contributed by atoms with Crippen molar-refractivity contribution in [2.75, 3.05) is 58.5 Å². The maximum absolute atomic E-state index is 5.81. The molecular formula is C21H34N4O3. The Morgan fingerprint density at radius 1 is 1.29 bits per heavy atom. The highest BCUT2D eigenvalue weighted by Crippen LogP contribution is 2.30. The van der Waals surface area contributed by atoms with Crippen LogP contribution in [0.15, 0.2) is 29.3 Å². The second kappa shape index (κ2) is 9.98. The van der Waals surface area contributed by atoms with Gasteiger partial charge in [-0.25, -0.2) is 0 Å². The summed E-state index contributed by atoms with van der Waals surface area (Å²) in [5, 5.41) is 6.98. The van der Waals surface area contributed by atoms with E-state index in [1.54, 1.807) is 14.2 Å². The number of hydrogen-bond donors (Lipinski definition) is 2. The zero-order valence-corrected chi connectivity index (χ0v) is 17.4. The molecule has 1 atom stereocenters. The molecule has 7 heteroatoms. The Hall–Kier alpha value is -1.99. The normalized spacial score (nSPS) is 22.2. The van der Waals surface area contributed by atoms with Gasteiger partial charge in [-0.05, 0) is 25.5 Å². The van der Waals surface area contributed by atoms with Crippen LogP contribution < -0.4 is 20.3 Å². The molecule has 0 bridgehead atoms. The lowest BCUT2D eigenvalue weighted by Gasteiger charge is -2.34. The number of ether oxygens (including phenoxy) is 3. The first kappa shape index (κ1) is 20.7. The summed E-state index contributed by atoms with van der Waals surface area (Å²) >= 11 is 0. The van der Waals surface area contributed by atoms with Crippen molar-refractivity contribution in [1.82, 2.24) is 10.6 Å². The molecule has 1 unspecified atom stereocenters. The molecule has 2 heterocycles. The zero-order valence-electron chi connectivity index (χ0n) is 17.4. The second-order valence-electron chi connectivity index (χ2n) is 7.44. The van der Waals surface area contributed by atoms with Gasteiger partial charge in [-0.1, -0.05) is 12.1 Å². The summed E-state index contributed by atoms with van der Waals surface area (Å²) < 4.78 is 16.8. The standard InChI is InChI=1S/C21H34N4O3/c1-4-22-20(23-16-21(27-3)10-13-28-14-11-21)24-17-9-12-25(15-17)18-7-5-6-8-19(18)26-2/h5-8,17H,4,9-16H2,1-3H3,(H2,22,23,24). The quantitative estimate of drug-likeness (QED) is 0.549. The molecular weight excluding hydrogens is 356 g/mol. The maximum atomic E-state index is 5.81. The topological polar surface area (TPSA) is 67.4 Å². The Bertz CT molecular complexity index is 646. The Balaban J connectivity index is 1.61. The molecule has 0 spiro atoms. The SMILES string of the molecule is CCNC(=NCC1(OC)CCOCC1)NC1CCN(c2ccccc2OC)C1. The molecule has 2 N–H and O–H groups in total. The third-order valence-corrected chi connectivity index (χ3v) is 5.66. The molecule has 28 heavy (non-hydrogen) atoms. The van der Waals surface area contributed by atoms with Crippen molar-refractivity contribution in [3.05, 3.63) is 24.3 Å².